The molecule has 0 saturated carbocycles. The van der Waals surface area contributed by atoms with E-state index in [-0.39, 0.29) is 21.7 Å². The van der Waals surface area contributed by atoms with Gasteiger partial charge in [0.1, 0.15) is 0 Å². The Morgan fingerprint density at radius 3 is 2.86 bits per heavy atom. The molecule has 2 N–H and O–H groups in total. The fraction of sp³-hybridized carbons (Fsp3) is 0.222. The summed E-state index contributed by atoms with van der Waals surface area (Å²) in [6.45, 7) is 0.534. The van der Waals surface area contributed by atoms with E-state index in [1.54, 1.807) is 0 Å². The first-order valence-corrected chi connectivity index (χ1v) is 4.85. The third-order valence-electron chi connectivity index (χ3n) is 2.20. The Morgan fingerprint density at radius 2 is 2.14 bits per heavy atom. The molecule has 0 aliphatic carbocycles. The van der Waals surface area contributed by atoms with E-state index in [0.29, 0.717) is 24.1 Å². The quantitative estimate of drug-likeness (QED) is 0.718. The maximum atomic E-state index is 11.4. The van der Waals surface area contributed by atoms with E-state index in [2.05, 4.69) is 5.32 Å². The van der Waals surface area contributed by atoms with Crippen molar-refractivity contribution in [2.45, 2.75) is 6.42 Å². The molecule has 14 heavy (non-hydrogen) atoms. The molecule has 0 saturated heterocycles. The van der Waals surface area contributed by atoms with Crippen LogP contribution in [0.3, 0.4) is 0 Å². The first kappa shape index (κ1) is 9.62. The molecule has 0 bridgehead atoms. The van der Waals surface area contributed by atoms with E-state index in [9.17, 15) is 9.90 Å². The lowest BCUT2D eigenvalue weighted by Gasteiger charge is -2.18. The number of benzene rings is 1. The molecule has 0 unspecified atom stereocenters. The van der Waals surface area contributed by atoms with E-state index < -0.39 is 0 Å². The number of nitrogens with one attached hydrogen (secondary N) is 1. The first-order chi connectivity index (χ1) is 6.61. The monoisotopic (exact) mass is 231 g/mol. The zero-order valence-electron chi connectivity index (χ0n) is 7.10. The Balaban J connectivity index is 2.69. The standard InChI is InChI=1S/C9H7Cl2NO2/c10-6-3-5-4(7(11)8(6)13)1-2-12-9(5)14/h3,13H,1-2H2,(H,12,14). The van der Waals surface area contributed by atoms with Crippen molar-refractivity contribution in [3.05, 3.63) is 27.2 Å². The van der Waals surface area contributed by atoms with Crippen molar-refractivity contribution in [3.8, 4) is 5.75 Å². The maximum absolute atomic E-state index is 11.4. The van der Waals surface area contributed by atoms with Gasteiger partial charge in [0.05, 0.1) is 10.0 Å². The van der Waals surface area contributed by atoms with Crippen molar-refractivity contribution in [1.82, 2.24) is 5.32 Å². The molecule has 1 aliphatic heterocycles. The van der Waals surface area contributed by atoms with Crippen molar-refractivity contribution < 1.29 is 9.90 Å². The van der Waals surface area contributed by atoms with E-state index in [0.717, 1.165) is 0 Å². The van der Waals surface area contributed by atoms with Crippen LogP contribution in [0.4, 0.5) is 0 Å². The van der Waals surface area contributed by atoms with Crippen molar-refractivity contribution in [3.63, 3.8) is 0 Å². The Hall–Kier alpha value is -0.930. The second-order valence-corrected chi connectivity index (χ2v) is 3.84. The number of phenols is 1. The number of halogens is 2. The van der Waals surface area contributed by atoms with Crippen molar-refractivity contribution in [2.24, 2.45) is 0 Å². The summed E-state index contributed by atoms with van der Waals surface area (Å²) in [5, 5.41) is 12.4. The Morgan fingerprint density at radius 1 is 1.43 bits per heavy atom. The minimum atomic E-state index is -0.199. The van der Waals surface area contributed by atoms with E-state index in [1.165, 1.54) is 6.07 Å². The Labute approximate surface area is 90.6 Å². The number of phenolic OH excluding ortho intramolecular Hbond substituents is 1. The highest BCUT2D eigenvalue weighted by atomic mass is 35.5. The van der Waals surface area contributed by atoms with Gasteiger partial charge < -0.3 is 10.4 Å². The second kappa shape index (κ2) is 3.33. The van der Waals surface area contributed by atoms with Gasteiger partial charge in [-0.05, 0) is 18.1 Å². The van der Waals surface area contributed by atoms with E-state index in [1.807, 2.05) is 0 Å². The molecule has 1 aromatic carbocycles. The fourth-order valence-electron chi connectivity index (χ4n) is 1.49. The topological polar surface area (TPSA) is 49.3 Å². The average Bonchev–Trinajstić information content (AvgIpc) is 2.17. The molecular weight excluding hydrogens is 225 g/mol. The van der Waals surface area contributed by atoms with Crippen LogP contribution in [-0.2, 0) is 6.42 Å². The number of carbonyl (C=O) groups is 1. The number of fused-ring (bicyclic) bond motifs is 1. The fourth-order valence-corrected chi connectivity index (χ4v) is 2.04. The molecule has 1 amide bonds. The molecule has 0 radical (unpaired) electrons. The molecule has 1 aliphatic rings. The van der Waals surface area contributed by atoms with Gasteiger partial charge in [-0.15, -0.1) is 0 Å². The van der Waals surface area contributed by atoms with Crippen molar-refractivity contribution >= 4 is 29.1 Å². The minimum Gasteiger partial charge on any atom is -0.505 e. The summed E-state index contributed by atoms with van der Waals surface area (Å²) >= 11 is 11.6. The second-order valence-electron chi connectivity index (χ2n) is 3.05. The minimum absolute atomic E-state index is 0.103. The van der Waals surface area contributed by atoms with Crippen LogP contribution in [0.25, 0.3) is 0 Å². The number of aromatic hydroxyl groups is 1. The van der Waals surface area contributed by atoms with Crippen LogP contribution >= 0.6 is 23.2 Å². The van der Waals surface area contributed by atoms with Gasteiger partial charge in [-0.1, -0.05) is 23.2 Å². The van der Waals surface area contributed by atoms with Crippen LogP contribution in [0.15, 0.2) is 6.07 Å². The van der Waals surface area contributed by atoms with Gasteiger partial charge in [-0.3, -0.25) is 4.79 Å². The zero-order valence-corrected chi connectivity index (χ0v) is 8.61. The van der Waals surface area contributed by atoms with Gasteiger partial charge in [0, 0.05) is 12.1 Å². The van der Waals surface area contributed by atoms with E-state index in [4.69, 9.17) is 23.2 Å². The Kier molecular flexibility index (Phi) is 2.29. The van der Waals surface area contributed by atoms with Crippen molar-refractivity contribution in [1.29, 1.82) is 0 Å². The first-order valence-electron chi connectivity index (χ1n) is 4.09. The summed E-state index contributed by atoms with van der Waals surface area (Å²) in [6, 6.07) is 1.44. The molecule has 74 valence electrons. The third kappa shape index (κ3) is 1.33. The maximum Gasteiger partial charge on any atom is 0.251 e. The molecule has 3 nitrogen and oxygen atoms in total. The van der Waals surface area contributed by atoms with Gasteiger partial charge in [-0.25, -0.2) is 0 Å². The van der Waals surface area contributed by atoms with Crippen LogP contribution in [0.2, 0.25) is 10.0 Å². The number of hydrogen-bond donors (Lipinski definition) is 2. The van der Waals surface area contributed by atoms with Crippen LogP contribution in [-0.4, -0.2) is 17.6 Å². The molecular formula is C9H7Cl2NO2. The van der Waals surface area contributed by atoms with Crippen LogP contribution in [0.5, 0.6) is 5.75 Å². The lowest BCUT2D eigenvalue weighted by atomic mass is 10.00. The van der Waals surface area contributed by atoms with Gasteiger partial charge in [0.25, 0.3) is 5.91 Å². The summed E-state index contributed by atoms with van der Waals surface area (Å²) in [5.41, 5.74) is 1.11. The van der Waals surface area contributed by atoms with Crippen molar-refractivity contribution in [2.75, 3.05) is 6.54 Å². The average molecular weight is 232 g/mol. The van der Waals surface area contributed by atoms with Gasteiger partial charge in [0.15, 0.2) is 5.75 Å². The summed E-state index contributed by atoms with van der Waals surface area (Å²) < 4.78 is 0. The summed E-state index contributed by atoms with van der Waals surface area (Å²) in [5.74, 6) is -0.350. The summed E-state index contributed by atoms with van der Waals surface area (Å²) in [6.07, 6.45) is 0.616. The van der Waals surface area contributed by atoms with Crippen LogP contribution < -0.4 is 5.32 Å². The predicted molar refractivity (Wildman–Crippen MR) is 54.2 cm³/mol. The number of amides is 1. The number of carbonyl (C=O) groups excluding carboxylic acids is 1. The Bertz CT molecular complexity index is 418. The highest BCUT2D eigenvalue weighted by Gasteiger charge is 2.22. The summed E-state index contributed by atoms with van der Waals surface area (Å²) in [4.78, 5) is 11.4. The molecule has 0 spiro atoms. The molecule has 1 heterocycles. The van der Waals surface area contributed by atoms with Gasteiger partial charge >= 0.3 is 0 Å². The van der Waals surface area contributed by atoms with Crippen LogP contribution in [0.1, 0.15) is 15.9 Å². The molecule has 0 atom stereocenters. The summed E-state index contributed by atoms with van der Waals surface area (Å²) in [7, 11) is 0. The lowest BCUT2D eigenvalue weighted by molar-refractivity contribution is 0.0946. The SMILES string of the molecule is O=C1NCCc2c1cc(Cl)c(O)c2Cl. The third-order valence-corrected chi connectivity index (χ3v) is 2.90. The van der Waals surface area contributed by atoms with E-state index >= 15 is 0 Å². The van der Waals surface area contributed by atoms with Gasteiger partial charge in [0.2, 0.25) is 0 Å². The molecule has 1 aromatic rings. The molecule has 0 fully saturated rings. The molecule has 0 aromatic heterocycles. The predicted octanol–water partition coefficient (Wildman–Crippen LogP) is 1.98. The number of hydrogen-bond acceptors (Lipinski definition) is 2. The normalized spacial score (nSPS) is 14.9. The molecule has 5 heteroatoms. The van der Waals surface area contributed by atoms with Crippen LogP contribution in [0, 0.1) is 0 Å². The smallest absolute Gasteiger partial charge is 0.251 e. The zero-order chi connectivity index (χ0) is 10.3. The highest BCUT2D eigenvalue weighted by molar-refractivity contribution is 6.38. The highest BCUT2D eigenvalue weighted by Crippen LogP contribution is 2.37. The van der Waals surface area contributed by atoms with Gasteiger partial charge in [-0.2, -0.15) is 0 Å². The lowest BCUT2D eigenvalue weighted by Crippen LogP contribution is -2.31. The number of rotatable bonds is 0. The molecule has 2 rings (SSSR count). The largest absolute Gasteiger partial charge is 0.505 e.